The molecule has 1 aliphatic rings. The Morgan fingerprint density at radius 3 is 2.90 bits per heavy atom. The van der Waals surface area contributed by atoms with Gasteiger partial charge in [-0.3, -0.25) is 0 Å². The molecule has 0 unspecified atom stereocenters. The van der Waals surface area contributed by atoms with E-state index in [2.05, 4.69) is 4.98 Å². The normalized spacial score (nSPS) is 15.5. The molecule has 104 valence electrons. The second-order valence-corrected chi connectivity index (χ2v) is 5.13. The summed E-state index contributed by atoms with van der Waals surface area (Å²) >= 11 is 5.83. The van der Waals surface area contributed by atoms with E-state index in [1.165, 1.54) is 11.0 Å². The average Bonchev–Trinajstić information content (AvgIpc) is 2.82. The summed E-state index contributed by atoms with van der Waals surface area (Å²) in [7, 11) is 0. The van der Waals surface area contributed by atoms with Gasteiger partial charge in [-0.1, -0.05) is 17.7 Å². The van der Waals surface area contributed by atoms with Crippen molar-refractivity contribution in [2.75, 3.05) is 13.1 Å². The van der Waals surface area contributed by atoms with Gasteiger partial charge in [0.05, 0.1) is 5.02 Å². The zero-order valence-electron chi connectivity index (χ0n) is 10.5. The molecule has 20 heavy (non-hydrogen) atoms. The third-order valence-corrected chi connectivity index (χ3v) is 3.84. The first-order chi connectivity index (χ1) is 9.56. The van der Waals surface area contributed by atoms with Crippen LogP contribution in [0.4, 0.5) is 9.18 Å². The lowest BCUT2D eigenvalue weighted by molar-refractivity contribution is 0.150. The van der Waals surface area contributed by atoms with Crippen LogP contribution in [0.1, 0.15) is 12.0 Å². The molecule has 0 radical (unpaired) electrons. The second-order valence-electron chi connectivity index (χ2n) is 4.72. The van der Waals surface area contributed by atoms with E-state index in [0.29, 0.717) is 25.0 Å². The van der Waals surface area contributed by atoms with Crippen molar-refractivity contribution in [1.29, 1.82) is 0 Å². The maximum atomic E-state index is 13.4. The first-order valence-electron chi connectivity index (χ1n) is 6.19. The highest BCUT2D eigenvalue weighted by Gasteiger charge is 2.19. The maximum absolute atomic E-state index is 13.4. The van der Waals surface area contributed by atoms with E-state index in [4.69, 9.17) is 16.7 Å². The largest absolute Gasteiger partial charge is 0.465 e. The lowest BCUT2D eigenvalue weighted by Gasteiger charge is -2.23. The second kappa shape index (κ2) is 4.83. The van der Waals surface area contributed by atoms with E-state index in [-0.39, 0.29) is 5.02 Å². The van der Waals surface area contributed by atoms with Crippen molar-refractivity contribution in [2.24, 2.45) is 0 Å². The molecule has 0 fully saturated rings. The first kappa shape index (κ1) is 13.0. The number of aromatic nitrogens is 1. The molecule has 0 aliphatic carbocycles. The molecule has 1 amide bonds. The number of rotatable bonds is 1. The molecule has 6 heteroatoms. The van der Waals surface area contributed by atoms with Gasteiger partial charge < -0.3 is 15.0 Å². The number of nitrogens with zero attached hydrogens (tertiary/aromatic N) is 1. The highest BCUT2D eigenvalue weighted by molar-refractivity contribution is 6.31. The van der Waals surface area contributed by atoms with Crippen molar-refractivity contribution in [3.05, 3.63) is 40.8 Å². The van der Waals surface area contributed by atoms with Crippen LogP contribution in [0.15, 0.2) is 24.4 Å². The van der Waals surface area contributed by atoms with Crippen molar-refractivity contribution >= 4 is 34.2 Å². The lowest BCUT2D eigenvalue weighted by Crippen LogP contribution is -2.33. The van der Waals surface area contributed by atoms with Crippen LogP contribution in [-0.2, 0) is 0 Å². The molecule has 1 aliphatic heterocycles. The molecular formula is C14H12ClFN2O2. The van der Waals surface area contributed by atoms with Gasteiger partial charge in [-0.15, -0.1) is 0 Å². The fourth-order valence-corrected chi connectivity index (χ4v) is 2.63. The number of benzene rings is 1. The molecular weight excluding hydrogens is 283 g/mol. The number of carboxylic acid groups (broad SMARTS) is 1. The standard InChI is InChI=1S/C14H12ClFN2O2/c15-11-5-9-10(7-17-13(9)6-12(11)16)8-1-3-18(4-2-8)14(19)20/h1,5-7,17H,2-4H2,(H,19,20). The Morgan fingerprint density at radius 2 is 2.25 bits per heavy atom. The number of fused-ring (bicyclic) bond motifs is 1. The number of amides is 1. The molecule has 0 saturated heterocycles. The Hall–Kier alpha value is -2.01. The summed E-state index contributed by atoms with van der Waals surface area (Å²) in [5, 5.41) is 9.86. The highest BCUT2D eigenvalue weighted by atomic mass is 35.5. The summed E-state index contributed by atoms with van der Waals surface area (Å²) in [5.74, 6) is -0.456. The summed E-state index contributed by atoms with van der Waals surface area (Å²) in [4.78, 5) is 15.2. The van der Waals surface area contributed by atoms with Crippen LogP contribution in [0.3, 0.4) is 0 Å². The smallest absolute Gasteiger partial charge is 0.407 e. The highest BCUT2D eigenvalue weighted by Crippen LogP contribution is 2.32. The molecule has 0 spiro atoms. The SMILES string of the molecule is O=C(O)N1CC=C(c2c[nH]c3cc(F)c(Cl)cc23)CC1. The average molecular weight is 295 g/mol. The molecule has 1 aromatic heterocycles. The number of H-pyrrole nitrogens is 1. The summed E-state index contributed by atoms with van der Waals surface area (Å²) in [6.07, 6.45) is 3.42. The minimum absolute atomic E-state index is 0.0851. The van der Waals surface area contributed by atoms with E-state index in [1.54, 1.807) is 6.07 Å². The molecule has 2 heterocycles. The summed E-state index contributed by atoms with van der Waals surface area (Å²) in [5.41, 5.74) is 2.69. The van der Waals surface area contributed by atoms with Gasteiger partial charge in [0, 0.05) is 35.8 Å². The first-order valence-corrected chi connectivity index (χ1v) is 6.57. The Morgan fingerprint density at radius 1 is 1.45 bits per heavy atom. The molecule has 0 saturated carbocycles. The van der Waals surface area contributed by atoms with E-state index in [9.17, 15) is 9.18 Å². The molecule has 2 aromatic rings. The quantitative estimate of drug-likeness (QED) is 0.842. The van der Waals surface area contributed by atoms with Gasteiger partial charge in [0.25, 0.3) is 0 Å². The minimum atomic E-state index is -0.913. The van der Waals surface area contributed by atoms with Crippen molar-refractivity contribution in [3.63, 3.8) is 0 Å². The molecule has 1 aromatic carbocycles. The van der Waals surface area contributed by atoms with Gasteiger partial charge in [0.2, 0.25) is 0 Å². The van der Waals surface area contributed by atoms with Gasteiger partial charge in [-0.25, -0.2) is 9.18 Å². The number of nitrogens with one attached hydrogen (secondary N) is 1. The van der Waals surface area contributed by atoms with Gasteiger partial charge in [-0.2, -0.15) is 0 Å². The van der Waals surface area contributed by atoms with E-state index in [0.717, 1.165) is 16.5 Å². The van der Waals surface area contributed by atoms with Gasteiger partial charge in [-0.05, 0) is 24.1 Å². The number of carbonyl (C=O) groups is 1. The number of hydrogen-bond acceptors (Lipinski definition) is 1. The molecule has 0 bridgehead atoms. The number of aromatic amines is 1. The van der Waals surface area contributed by atoms with Crippen LogP contribution in [0.2, 0.25) is 5.02 Å². The molecule has 2 N–H and O–H groups in total. The number of halogens is 2. The summed E-state index contributed by atoms with van der Waals surface area (Å²) < 4.78 is 13.4. The van der Waals surface area contributed by atoms with Crippen LogP contribution < -0.4 is 0 Å². The third-order valence-electron chi connectivity index (χ3n) is 3.55. The van der Waals surface area contributed by atoms with Crippen LogP contribution >= 0.6 is 11.6 Å². The van der Waals surface area contributed by atoms with E-state index < -0.39 is 11.9 Å². The van der Waals surface area contributed by atoms with Crippen molar-refractivity contribution in [1.82, 2.24) is 9.88 Å². The maximum Gasteiger partial charge on any atom is 0.407 e. The predicted octanol–water partition coefficient (Wildman–Crippen LogP) is 3.73. The van der Waals surface area contributed by atoms with Gasteiger partial charge in [0.15, 0.2) is 0 Å². The van der Waals surface area contributed by atoms with Crippen LogP contribution in [0.25, 0.3) is 16.5 Å². The summed E-state index contributed by atoms with van der Waals surface area (Å²) in [6, 6.07) is 2.97. The Kier molecular flexibility index (Phi) is 3.14. The van der Waals surface area contributed by atoms with E-state index in [1.807, 2.05) is 12.3 Å². The third kappa shape index (κ3) is 2.14. The van der Waals surface area contributed by atoms with Gasteiger partial charge >= 0.3 is 6.09 Å². The topological polar surface area (TPSA) is 56.3 Å². The molecule has 0 atom stereocenters. The van der Waals surface area contributed by atoms with Crippen LogP contribution in [0.5, 0.6) is 0 Å². The van der Waals surface area contributed by atoms with Crippen LogP contribution in [0, 0.1) is 5.82 Å². The fourth-order valence-electron chi connectivity index (χ4n) is 2.47. The monoisotopic (exact) mass is 294 g/mol. The van der Waals surface area contributed by atoms with Crippen molar-refractivity contribution in [2.45, 2.75) is 6.42 Å². The molecule has 4 nitrogen and oxygen atoms in total. The Bertz CT molecular complexity index is 723. The summed E-state index contributed by atoms with van der Waals surface area (Å²) in [6.45, 7) is 0.828. The predicted molar refractivity (Wildman–Crippen MR) is 75.5 cm³/mol. The molecule has 3 rings (SSSR count). The van der Waals surface area contributed by atoms with Crippen molar-refractivity contribution < 1.29 is 14.3 Å². The zero-order chi connectivity index (χ0) is 14.3. The minimum Gasteiger partial charge on any atom is -0.465 e. The Balaban J connectivity index is 1.99. The van der Waals surface area contributed by atoms with Crippen LogP contribution in [-0.4, -0.2) is 34.2 Å². The van der Waals surface area contributed by atoms with Crippen molar-refractivity contribution in [3.8, 4) is 0 Å². The van der Waals surface area contributed by atoms with E-state index >= 15 is 0 Å². The zero-order valence-corrected chi connectivity index (χ0v) is 11.2. The van der Waals surface area contributed by atoms with Gasteiger partial charge in [0.1, 0.15) is 5.82 Å². The Labute approximate surface area is 119 Å². The number of hydrogen-bond donors (Lipinski definition) is 2. The fraction of sp³-hybridized carbons (Fsp3) is 0.214. The lowest BCUT2D eigenvalue weighted by atomic mass is 9.99.